The van der Waals surface area contributed by atoms with Crippen molar-refractivity contribution >= 4 is 5.91 Å². The molecule has 0 saturated carbocycles. The van der Waals surface area contributed by atoms with Gasteiger partial charge in [-0.15, -0.1) is 0 Å². The van der Waals surface area contributed by atoms with Crippen molar-refractivity contribution in [3.63, 3.8) is 0 Å². The van der Waals surface area contributed by atoms with Crippen LogP contribution in [-0.2, 0) is 4.79 Å². The summed E-state index contributed by atoms with van der Waals surface area (Å²) in [5.41, 5.74) is 4.05. The van der Waals surface area contributed by atoms with E-state index in [-0.39, 0.29) is 12.0 Å². The van der Waals surface area contributed by atoms with Crippen LogP contribution in [0.3, 0.4) is 0 Å². The SMILES string of the molecule is Cc1cccc(C2CCCCN2C(=O)[C@H]2CCN[C@@H](C)C2)c1C. The van der Waals surface area contributed by atoms with E-state index in [0.717, 1.165) is 38.8 Å². The van der Waals surface area contributed by atoms with Crippen LogP contribution in [0.1, 0.15) is 61.8 Å². The highest BCUT2D eigenvalue weighted by molar-refractivity contribution is 5.79. The van der Waals surface area contributed by atoms with Crippen molar-refractivity contribution in [2.24, 2.45) is 5.92 Å². The Hall–Kier alpha value is -1.35. The average Bonchev–Trinajstić information content (AvgIpc) is 2.57. The quantitative estimate of drug-likeness (QED) is 0.902. The number of nitrogens with one attached hydrogen (secondary N) is 1. The smallest absolute Gasteiger partial charge is 0.226 e. The van der Waals surface area contributed by atoms with Crippen molar-refractivity contribution in [3.8, 4) is 0 Å². The molecule has 1 aromatic carbocycles. The summed E-state index contributed by atoms with van der Waals surface area (Å²) in [5, 5.41) is 3.46. The minimum atomic E-state index is 0.206. The van der Waals surface area contributed by atoms with Gasteiger partial charge >= 0.3 is 0 Å². The van der Waals surface area contributed by atoms with Crippen molar-refractivity contribution in [2.75, 3.05) is 13.1 Å². The van der Waals surface area contributed by atoms with Gasteiger partial charge in [0.15, 0.2) is 0 Å². The first kappa shape index (κ1) is 16.5. The molecular formula is C20H30N2O. The lowest BCUT2D eigenvalue weighted by Crippen LogP contribution is -2.46. The fourth-order valence-corrected chi connectivity index (χ4v) is 4.24. The van der Waals surface area contributed by atoms with Gasteiger partial charge in [0.2, 0.25) is 5.91 Å². The number of piperidine rings is 2. The van der Waals surface area contributed by atoms with E-state index < -0.39 is 0 Å². The summed E-state index contributed by atoms with van der Waals surface area (Å²) in [5.74, 6) is 0.598. The Labute approximate surface area is 140 Å². The Kier molecular flexibility index (Phi) is 5.05. The summed E-state index contributed by atoms with van der Waals surface area (Å²) in [6.45, 7) is 8.46. The third-order valence-electron chi connectivity index (χ3n) is 5.76. The molecule has 3 nitrogen and oxygen atoms in total. The number of rotatable bonds is 2. The van der Waals surface area contributed by atoms with Crippen LogP contribution in [0.2, 0.25) is 0 Å². The molecule has 0 aliphatic carbocycles. The predicted octanol–water partition coefficient (Wildman–Crippen LogP) is 3.75. The van der Waals surface area contributed by atoms with Gasteiger partial charge in [-0.1, -0.05) is 18.2 Å². The van der Waals surface area contributed by atoms with Crippen LogP contribution in [0.4, 0.5) is 0 Å². The maximum Gasteiger partial charge on any atom is 0.226 e. The van der Waals surface area contributed by atoms with E-state index in [1.807, 2.05) is 0 Å². The molecule has 0 spiro atoms. The molecule has 126 valence electrons. The highest BCUT2D eigenvalue weighted by Gasteiger charge is 2.34. The molecule has 3 rings (SSSR count). The predicted molar refractivity (Wildman–Crippen MR) is 94.4 cm³/mol. The first-order chi connectivity index (χ1) is 11.1. The highest BCUT2D eigenvalue weighted by Crippen LogP contribution is 2.35. The van der Waals surface area contributed by atoms with Crippen molar-refractivity contribution in [1.29, 1.82) is 0 Å². The molecular weight excluding hydrogens is 284 g/mol. The molecule has 1 amide bonds. The summed E-state index contributed by atoms with van der Waals surface area (Å²) in [6.07, 6.45) is 5.45. The third kappa shape index (κ3) is 3.45. The largest absolute Gasteiger partial charge is 0.335 e. The second-order valence-electron chi connectivity index (χ2n) is 7.41. The molecule has 3 atom stereocenters. The summed E-state index contributed by atoms with van der Waals surface area (Å²) < 4.78 is 0. The number of hydrogen-bond donors (Lipinski definition) is 1. The first-order valence-electron chi connectivity index (χ1n) is 9.18. The van der Waals surface area contributed by atoms with E-state index in [1.165, 1.54) is 23.1 Å². The van der Waals surface area contributed by atoms with E-state index in [9.17, 15) is 4.79 Å². The zero-order chi connectivity index (χ0) is 16.4. The van der Waals surface area contributed by atoms with Gasteiger partial charge in [0.05, 0.1) is 6.04 Å². The number of amides is 1. The average molecular weight is 314 g/mol. The fraction of sp³-hybridized carbons (Fsp3) is 0.650. The van der Waals surface area contributed by atoms with E-state index in [1.54, 1.807) is 0 Å². The van der Waals surface area contributed by atoms with Crippen LogP contribution in [0.5, 0.6) is 0 Å². The molecule has 2 aliphatic rings. The van der Waals surface area contributed by atoms with Gasteiger partial charge in [-0.2, -0.15) is 0 Å². The maximum absolute atomic E-state index is 13.2. The third-order valence-corrected chi connectivity index (χ3v) is 5.76. The van der Waals surface area contributed by atoms with E-state index in [4.69, 9.17) is 0 Å². The van der Waals surface area contributed by atoms with Crippen LogP contribution in [0, 0.1) is 19.8 Å². The number of nitrogens with zero attached hydrogens (tertiary/aromatic N) is 1. The lowest BCUT2D eigenvalue weighted by molar-refractivity contribution is -0.140. The number of benzene rings is 1. The van der Waals surface area contributed by atoms with E-state index >= 15 is 0 Å². The second kappa shape index (κ2) is 7.04. The van der Waals surface area contributed by atoms with E-state index in [0.29, 0.717) is 11.9 Å². The fourth-order valence-electron chi connectivity index (χ4n) is 4.24. The number of carbonyl (C=O) groups excluding carboxylic acids is 1. The number of likely N-dealkylation sites (tertiary alicyclic amines) is 1. The molecule has 2 aliphatic heterocycles. The molecule has 1 N–H and O–H groups in total. The second-order valence-corrected chi connectivity index (χ2v) is 7.41. The summed E-state index contributed by atoms with van der Waals surface area (Å²) in [7, 11) is 0. The van der Waals surface area contributed by atoms with Crippen molar-refractivity contribution in [3.05, 3.63) is 34.9 Å². The minimum absolute atomic E-state index is 0.206. The van der Waals surface area contributed by atoms with Crippen molar-refractivity contribution in [2.45, 2.75) is 65.0 Å². The molecule has 0 aromatic heterocycles. The Bertz CT molecular complexity index is 569. The molecule has 1 aromatic rings. The highest BCUT2D eigenvalue weighted by atomic mass is 16.2. The summed E-state index contributed by atoms with van der Waals surface area (Å²) >= 11 is 0. The topological polar surface area (TPSA) is 32.3 Å². The van der Waals surface area contributed by atoms with Crippen LogP contribution in [0.15, 0.2) is 18.2 Å². The molecule has 0 bridgehead atoms. The molecule has 3 heteroatoms. The molecule has 2 heterocycles. The lowest BCUT2D eigenvalue weighted by Gasteiger charge is -2.40. The molecule has 23 heavy (non-hydrogen) atoms. The Morgan fingerprint density at radius 2 is 2.04 bits per heavy atom. The Morgan fingerprint density at radius 3 is 2.83 bits per heavy atom. The van der Waals surface area contributed by atoms with Gasteiger partial charge in [-0.25, -0.2) is 0 Å². The van der Waals surface area contributed by atoms with Crippen molar-refractivity contribution < 1.29 is 4.79 Å². The van der Waals surface area contributed by atoms with Gasteiger partial charge in [-0.3, -0.25) is 4.79 Å². The zero-order valence-corrected chi connectivity index (χ0v) is 14.8. The lowest BCUT2D eigenvalue weighted by atomic mass is 9.87. The van der Waals surface area contributed by atoms with Gasteiger partial charge < -0.3 is 10.2 Å². The zero-order valence-electron chi connectivity index (χ0n) is 14.8. The minimum Gasteiger partial charge on any atom is -0.335 e. The molecule has 2 saturated heterocycles. The molecule has 1 unspecified atom stereocenters. The van der Waals surface area contributed by atoms with Crippen LogP contribution >= 0.6 is 0 Å². The van der Waals surface area contributed by atoms with Crippen LogP contribution in [-0.4, -0.2) is 29.9 Å². The Balaban J connectivity index is 1.83. The number of aryl methyl sites for hydroxylation is 1. The van der Waals surface area contributed by atoms with Gasteiger partial charge in [0.1, 0.15) is 0 Å². The van der Waals surface area contributed by atoms with Crippen molar-refractivity contribution in [1.82, 2.24) is 10.2 Å². The number of hydrogen-bond acceptors (Lipinski definition) is 2. The summed E-state index contributed by atoms with van der Waals surface area (Å²) in [4.78, 5) is 15.4. The summed E-state index contributed by atoms with van der Waals surface area (Å²) in [6, 6.07) is 7.27. The Morgan fingerprint density at radius 1 is 1.22 bits per heavy atom. The van der Waals surface area contributed by atoms with Crippen LogP contribution < -0.4 is 5.32 Å². The molecule has 2 fully saturated rings. The normalized spacial score (nSPS) is 28.7. The van der Waals surface area contributed by atoms with Gasteiger partial charge in [0.25, 0.3) is 0 Å². The van der Waals surface area contributed by atoms with Gasteiger partial charge in [0, 0.05) is 18.5 Å². The van der Waals surface area contributed by atoms with E-state index in [2.05, 4.69) is 49.2 Å². The monoisotopic (exact) mass is 314 g/mol. The first-order valence-corrected chi connectivity index (χ1v) is 9.18. The molecule has 0 radical (unpaired) electrons. The van der Waals surface area contributed by atoms with Gasteiger partial charge in [-0.05, 0) is 76.1 Å². The standard InChI is InChI=1S/C20H30N2O/c1-14-7-6-8-18(16(14)3)19-9-4-5-12-22(19)20(23)17-10-11-21-15(2)13-17/h6-8,15,17,19,21H,4-5,9-13H2,1-3H3/t15-,17-,19?/m0/s1. The maximum atomic E-state index is 13.2. The van der Waals surface area contributed by atoms with Crippen LogP contribution in [0.25, 0.3) is 0 Å². The number of carbonyl (C=O) groups is 1.